The van der Waals surface area contributed by atoms with Crippen LogP contribution >= 0.6 is 0 Å². The largest absolute Gasteiger partial charge is 0.396 e. The molecule has 1 aliphatic rings. The lowest BCUT2D eigenvalue weighted by molar-refractivity contribution is -0.659. The van der Waals surface area contributed by atoms with Crippen molar-refractivity contribution < 1.29 is 14.5 Å². The number of aromatic nitrogens is 3. The number of aryl methyl sites for hydroxylation is 2. The van der Waals surface area contributed by atoms with Crippen LogP contribution in [0.4, 0.5) is 5.82 Å². The second kappa shape index (κ2) is 8.39. The molecule has 0 atom stereocenters. The van der Waals surface area contributed by atoms with E-state index < -0.39 is 0 Å². The predicted molar refractivity (Wildman–Crippen MR) is 114 cm³/mol. The third-order valence-corrected chi connectivity index (χ3v) is 5.90. The van der Waals surface area contributed by atoms with Crippen LogP contribution in [0.1, 0.15) is 54.4 Å². The SMILES string of the molecule is Cc1cccn2c(=O)c3cc(C(=O)NC4CCCCC4)c(N)[n+](CCCO)c3nc12. The minimum absolute atomic E-state index is 0.0297. The number of amides is 1. The molecular weight excluding hydrogens is 382 g/mol. The van der Waals surface area contributed by atoms with Crippen molar-refractivity contribution in [3.8, 4) is 0 Å². The average molecular weight is 410 g/mol. The van der Waals surface area contributed by atoms with Crippen molar-refractivity contribution in [2.24, 2.45) is 0 Å². The van der Waals surface area contributed by atoms with Gasteiger partial charge >= 0.3 is 0 Å². The Bertz CT molecular complexity index is 1170. The summed E-state index contributed by atoms with van der Waals surface area (Å²) in [5.41, 5.74) is 8.27. The zero-order chi connectivity index (χ0) is 21.3. The van der Waals surface area contributed by atoms with Crippen LogP contribution in [0.2, 0.25) is 0 Å². The summed E-state index contributed by atoms with van der Waals surface area (Å²) in [5, 5.41) is 12.7. The van der Waals surface area contributed by atoms with Gasteiger partial charge in [-0.25, -0.2) is 4.57 Å². The number of hydrogen-bond acceptors (Lipinski definition) is 5. The summed E-state index contributed by atoms with van der Waals surface area (Å²) in [6.07, 6.45) is 7.42. The van der Waals surface area contributed by atoms with Crippen molar-refractivity contribution in [1.29, 1.82) is 0 Å². The Morgan fingerprint density at radius 3 is 2.87 bits per heavy atom. The summed E-state index contributed by atoms with van der Waals surface area (Å²) >= 11 is 0. The first-order valence-corrected chi connectivity index (χ1v) is 10.6. The number of carbonyl (C=O) groups is 1. The van der Waals surface area contributed by atoms with E-state index in [1.807, 2.05) is 13.0 Å². The number of anilines is 1. The van der Waals surface area contributed by atoms with Crippen LogP contribution in [-0.2, 0) is 6.54 Å². The Morgan fingerprint density at radius 2 is 2.13 bits per heavy atom. The number of aliphatic hydroxyl groups excluding tert-OH is 1. The van der Waals surface area contributed by atoms with Crippen molar-refractivity contribution >= 4 is 28.4 Å². The fraction of sp³-hybridized carbons (Fsp3) is 0.455. The molecule has 8 heteroatoms. The van der Waals surface area contributed by atoms with Crippen molar-refractivity contribution in [1.82, 2.24) is 14.7 Å². The fourth-order valence-electron chi connectivity index (χ4n) is 4.26. The van der Waals surface area contributed by atoms with E-state index in [-0.39, 0.29) is 35.5 Å². The summed E-state index contributed by atoms with van der Waals surface area (Å²) < 4.78 is 3.17. The maximum atomic E-state index is 13.2. The molecule has 0 spiro atoms. The summed E-state index contributed by atoms with van der Waals surface area (Å²) in [6.45, 7) is 2.22. The van der Waals surface area contributed by atoms with E-state index in [0.717, 1.165) is 31.2 Å². The first-order valence-electron chi connectivity index (χ1n) is 10.6. The Balaban J connectivity index is 1.89. The smallest absolute Gasteiger partial charge is 0.278 e. The first-order chi connectivity index (χ1) is 14.5. The topological polar surface area (TPSA) is 114 Å². The number of fused-ring (bicyclic) bond motifs is 2. The molecule has 4 N–H and O–H groups in total. The van der Waals surface area contributed by atoms with Crippen LogP contribution in [0.15, 0.2) is 29.2 Å². The molecule has 0 radical (unpaired) electrons. The van der Waals surface area contributed by atoms with Gasteiger partial charge in [-0.15, -0.1) is 0 Å². The van der Waals surface area contributed by atoms with Gasteiger partial charge in [0, 0.05) is 30.8 Å². The van der Waals surface area contributed by atoms with E-state index in [0.29, 0.717) is 29.6 Å². The minimum atomic E-state index is -0.271. The number of carbonyl (C=O) groups excluding carboxylic acids is 1. The Kier molecular flexibility index (Phi) is 5.67. The van der Waals surface area contributed by atoms with Gasteiger partial charge in [0.05, 0.1) is 6.54 Å². The highest BCUT2D eigenvalue weighted by Gasteiger charge is 2.26. The van der Waals surface area contributed by atoms with Crippen molar-refractivity contribution in [3.63, 3.8) is 0 Å². The quantitative estimate of drug-likeness (QED) is 0.435. The molecule has 158 valence electrons. The third kappa shape index (κ3) is 3.63. The van der Waals surface area contributed by atoms with Gasteiger partial charge in [0.1, 0.15) is 10.9 Å². The van der Waals surface area contributed by atoms with Gasteiger partial charge in [-0.05, 0) is 31.9 Å². The number of rotatable bonds is 5. The number of nitrogens with two attached hydrogens (primary N) is 1. The van der Waals surface area contributed by atoms with Crippen LogP contribution < -0.4 is 21.2 Å². The summed E-state index contributed by atoms with van der Waals surface area (Å²) in [5.74, 6) is -0.0121. The number of nitrogens with zero attached hydrogens (tertiary/aromatic N) is 3. The van der Waals surface area contributed by atoms with Crippen LogP contribution in [0, 0.1) is 6.92 Å². The Hall–Kier alpha value is -3.00. The molecular formula is C22H28N5O3+. The molecule has 1 amide bonds. The van der Waals surface area contributed by atoms with Gasteiger partial charge < -0.3 is 16.2 Å². The molecule has 1 aliphatic carbocycles. The zero-order valence-electron chi connectivity index (χ0n) is 17.2. The molecule has 1 fully saturated rings. The molecule has 30 heavy (non-hydrogen) atoms. The lowest BCUT2D eigenvalue weighted by Gasteiger charge is -2.23. The molecule has 8 nitrogen and oxygen atoms in total. The van der Waals surface area contributed by atoms with Crippen LogP contribution in [0.5, 0.6) is 0 Å². The monoisotopic (exact) mass is 410 g/mol. The minimum Gasteiger partial charge on any atom is -0.396 e. The molecule has 3 aromatic rings. The highest BCUT2D eigenvalue weighted by Crippen LogP contribution is 2.20. The first kappa shape index (κ1) is 20.3. The number of hydrogen-bond donors (Lipinski definition) is 3. The molecule has 1 saturated carbocycles. The van der Waals surface area contributed by atoms with E-state index in [1.54, 1.807) is 22.9 Å². The van der Waals surface area contributed by atoms with Gasteiger partial charge in [-0.2, -0.15) is 0 Å². The average Bonchev–Trinajstić information content (AvgIpc) is 2.74. The number of pyridine rings is 2. The molecule has 3 aromatic heterocycles. The van der Waals surface area contributed by atoms with E-state index in [1.165, 1.54) is 10.8 Å². The van der Waals surface area contributed by atoms with Gasteiger partial charge in [0.25, 0.3) is 17.1 Å². The molecule has 0 aromatic carbocycles. The number of aliphatic hydroxyl groups is 1. The van der Waals surface area contributed by atoms with E-state index in [9.17, 15) is 14.7 Å². The van der Waals surface area contributed by atoms with Gasteiger partial charge in [0.2, 0.25) is 11.5 Å². The van der Waals surface area contributed by atoms with E-state index in [4.69, 9.17) is 10.7 Å². The van der Waals surface area contributed by atoms with E-state index >= 15 is 0 Å². The van der Waals surface area contributed by atoms with Crippen molar-refractivity contribution in [2.45, 2.75) is 58.0 Å². The predicted octanol–water partition coefficient (Wildman–Crippen LogP) is 1.47. The second-order valence-corrected chi connectivity index (χ2v) is 8.02. The molecule has 0 saturated heterocycles. The van der Waals surface area contributed by atoms with Gasteiger partial charge in [-0.1, -0.05) is 30.3 Å². The molecule has 0 unspecified atom stereocenters. The lowest BCUT2D eigenvalue weighted by Crippen LogP contribution is -2.44. The highest BCUT2D eigenvalue weighted by atomic mass is 16.3. The van der Waals surface area contributed by atoms with Crippen LogP contribution in [0.3, 0.4) is 0 Å². The molecule has 0 aliphatic heterocycles. The maximum Gasteiger partial charge on any atom is 0.278 e. The van der Waals surface area contributed by atoms with E-state index in [2.05, 4.69) is 5.32 Å². The normalized spacial score (nSPS) is 15.0. The molecule has 4 rings (SSSR count). The third-order valence-electron chi connectivity index (χ3n) is 5.90. The zero-order valence-corrected chi connectivity index (χ0v) is 17.2. The summed E-state index contributed by atoms with van der Waals surface area (Å²) in [4.78, 5) is 31.0. The van der Waals surface area contributed by atoms with Gasteiger partial charge in [-0.3, -0.25) is 14.0 Å². The van der Waals surface area contributed by atoms with Crippen LogP contribution in [-0.4, -0.2) is 33.0 Å². The fourth-order valence-corrected chi connectivity index (χ4v) is 4.26. The number of nitrogens with one attached hydrogen (secondary N) is 1. The molecule has 3 heterocycles. The second-order valence-electron chi connectivity index (χ2n) is 8.02. The van der Waals surface area contributed by atoms with Gasteiger partial charge in [0.15, 0.2) is 0 Å². The number of nitrogen functional groups attached to an aromatic ring is 1. The Labute approximate surface area is 174 Å². The lowest BCUT2D eigenvalue weighted by atomic mass is 9.95. The van der Waals surface area contributed by atoms with Crippen LogP contribution in [0.25, 0.3) is 16.7 Å². The highest BCUT2D eigenvalue weighted by molar-refractivity contribution is 6.00. The molecule has 0 bridgehead atoms. The van der Waals surface area contributed by atoms with Crippen molar-refractivity contribution in [3.05, 3.63) is 45.9 Å². The summed E-state index contributed by atoms with van der Waals surface area (Å²) in [6, 6.07) is 5.37. The maximum absolute atomic E-state index is 13.2. The standard InChI is InChI=1S/C22H27N5O3/c1-14-7-5-10-27-19(14)25-20-17(22(27)30)13-16(18(23)26(20)11-6-12-28)21(29)24-15-8-3-2-4-9-15/h5,7,10,13,15,23,28H,2-4,6,8-9,11-12H2,1H3,(H,24,29)/p+1. The Morgan fingerprint density at radius 1 is 1.37 bits per heavy atom. The van der Waals surface area contributed by atoms with Crippen molar-refractivity contribution in [2.75, 3.05) is 12.3 Å². The summed E-state index contributed by atoms with van der Waals surface area (Å²) in [7, 11) is 0.